The molecule has 1 heteroatoms. The lowest BCUT2D eigenvalue weighted by atomic mass is 9.81. The third-order valence-electron chi connectivity index (χ3n) is 3.93. The molecule has 0 amide bonds. The maximum Gasteiger partial charge on any atom is 0.00413 e. The summed E-state index contributed by atoms with van der Waals surface area (Å²) in [7, 11) is 0. The van der Waals surface area contributed by atoms with Crippen LogP contribution in [0.3, 0.4) is 0 Å². The first kappa shape index (κ1) is 14.0. The fourth-order valence-corrected chi connectivity index (χ4v) is 2.57. The van der Waals surface area contributed by atoms with Gasteiger partial charge in [0.15, 0.2) is 0 Å². The molecule has 1 aliphatic carbocycles. The van der Waals surface area contributed by atoms with E-state index in [1.165, 1.54) is 70.8 Å². The van der Waals surface area contributed by atoms with Crippen molar-refractivity contribution >= 4 is 0 Å². The molecule has 1 rings (SSSR count). The molecule has 1 unspecified atom stereocenters. The second-order valence-corrected chi connectivity index (χ2v) is 5.66. The molecule has 16 heavy (non-hydrogen) atoms. The Morgan fingerprint density at radius 3 is 2.38 bits per heavy atom. The summed E-state index contributed by atoms with van der Waals surface area (Å²) in [6.45, 7) is 5.87. The zero-order valence-electron chi connectivity index (χ0n) is 11.4. The Balaban J connectivity index is 1.78. The molecule has 1 nitrogen and oxygen atoms in total. The molecule has 0 aromatic rings. The van der Waals surface area contributed by atoms with Crippen molar-refractivity contribution in [3.8, 4) is 0 Å². The van der Waals surface area contributed by atoms with E-state index in [9.17, 15) is 0 Å². The molecule has 1 atom stereocenters. The number of hydrogen-bond acceptors (Lipinski definition) is 1. The number of hydrogen-bond donors (Lipinski definition) is 1. The van der Waals surface area contributed by atoms with Gasteiger partial charge in [0, 0.05) is 6.04 Å². The van der Waals surface area contributed by atoms with Crippen molar-refractivity contribution in [1.29, 1.82) is 0 Å². The highest BCUT2D eigenvalue weighted by Gasteiger charge is 2.19. The second-order valence-electron chi connectivity index (χ2n) is 5.66. The van der Waals surface area contributed by atoms with Crippen LogP contribution >= 0.6 is 0 Å². The van der Waals surface area contributed by atoms with Crippen LogP contribution in [0.25, 0.3) is 0 Å². The van der Waals surface area contributed by atoms with Crippen LogP contribution in [0, 0.1) is 5.92 Å². The van der Waals surface area contributed by atoms with Crippen molar-refractivity contribution in [2.45, 2.75) is 84.1 Å². The quantitative estimate of drug-likeness (QED) is 0.539. The van der Waals surface area contributed by atoms with Gasteiger partial charge in [0.1, 0.15) is 0 Å². The first-order valence-corrected chi connectivity index (χ1v) is 7.56. The van der Waals surface area contributed by atoms with Crippen LogP contribution in [0.15, 0.2) is 0 Å². The highest BCUT2D eigenvalue weighted by molar-refractivity contribution is 4.74. The average Bonchev–Trinajstić information content (AvgIpc) is 2.22. The van der Waals surface area contributed by atoms with Crippen molar-refractivity contribution in [2.75, 3.05) is 6.54 Å². The third kappa shape index (κ3) is 6.52. The summed E-state index contributed by atoms with van der Waals surface area (Å²) in [5.74, 6) is 1.05. The van der Waals surface area contributed by atoms with Gasteiger partial charge in [0.25, 0.3) is 0 Å². The molecule has 0 saturated heterocycles. The van der Waals surface area contributed by atoms with Gasteiger partial charge in [-0.3, -0.25) is 0 Å². The minimum atomic E-state index is 0.751. The molecule has 1 saturated carbocycles. The van der Waals surface area contributed by atoms with Crippen molar-refractivity contribution in [1.82, 2.24) is 5.32 Å². The first-order chi connectivity index (χ1) is 7.83. The molecule has 0 bridgehead atoms. The van der Waals surface area contributed by atoms with Crippen LogP contribution in [0.1, 0.15) is 78.1 Å². The number of rotatable bonds is 10. The van der Waals surface area contributed by atoms with Gasteiger partial charge in [-0.1, -0.05) is 58.3 Å². The predicted molar refractivity (Wildman–Crippen MR) is 72.8 cm³/mol. The van der Waals surface area contributed by atoms with Gasteiger partial charge >= 0.3 is 0 Å². The minimum Gasteiger partial charge on any atom is -0.314 e. The molecule has 0 aromatic heterocycles. The second kappa shape index (κ2) is 9.04. The fraction of sp³-hybridized carbons (Fsp3) is 1.00. The third-order valence-corrected chi connectivity index (χ3v) is 3.93. The topological polar surface area (TPSA) is 12.0 Å². The summed E-state index contributed by atoms with van der Waals surface area (Å²) < 4.78 is 0. The van der Waals surface area contributed by atoms with E-state index >= 15 is 0 Å². The van der Waals surface area contributed by atoms with E-state index in [1.54, 1.807) is 0 Å². The summed E-state index contributed by atoms with van der Waals surface area (Å²) in [4.78, 5) is 0. The summed E-state index contributed by atoms with van der Waals surface area (Å²) in [6.07, 6.45) is 14.3. The van der Waals surface area contributed by atoms with E-state index in [-0.39, 0.29) is 0 Å². The Morgan fingerprint density at radius 1 is 1.06 bits per heavy atom. The largest absolute Gasteiger partial charge is 0.314 e. The summed E-state index contributed by atoms with van der Waals surface area (Å²) in [5.41, 5.74) is 0. The highest BCUT2D eigenvalue weighted by Crippen LogP contribution is 2.30. The fourth-order valence-electron chi connectivity index (χ4n) is 2.57. The summed E-state index contributed by atoms with van der Waals surface area (Å²) in [5, 5.41) is 3.67. The standard InChI is InChI=1S/C15H31N/c1-3-4-5-6-7-8-12-16-14(2)13-15-10-9-11-15/h14-16H,3-13H2,1-2H3. The van der Waals surface area contributed by atoms with Gasteiger partial charge in [0.05, 0.1) is 0 Å². The molecule has 0 heterocycles. The molecule has 1 fully saturated rings. The molecule has 0 spiro atoms. The number of nitrogens with one attached hydrogen (secondary N) is 1. The van der Waals surface area contributed by atoms with E-state index in [1.807, 2.05) is 0 Å². The van der Waals surface area contributed by atoms with Crippen LogP contribution in [-0.4, -0.2) is 12.6 Å². The van der Waals surface area contributed by atoms with Crippen molar-refractivity contribution in [3.63, 3.8) is 0 Å². The van der Waals surface area contributed by atoms with Gasteiger partial charge in [-0.2, -0.15) is 0 Å². The van der Waals surface area contributed by atoms with Gasteiger partial charge in [0.2, 0.25) is 0 Å². The Bertz CT molecular complexity index is 152. The van der Waals surface area contributed by atoms with Gasteiger partial charge in [-0.05, 0) is 32.2 Å². The Hall–Kier alpha value is -0.0400. The van der Waals surface area contributed by atoms with E-state index in [0.717, 1.165) is 12.0 Å². The zero-order chi connectivity index (χ0) is 11.6. The lowest BCUT2D eigenvalue weighted by Gasteiger charge is -2.28. The molecule has 1 aliphatic rings. The Labute approximate surface area is 102 Å². The lowest BCUT2D eigenvalue weighted by molar-refractivity contribution is 0.265. The van der Waals surface area contributed by atoms with Gasteiger partial charge in [-0.25, -0.2) is 0 Å². The first-order valence-electron chi connectivity index (χ1n) is 7.56. The Morgan fingerprint density at radius 2 is 1.75 bits per heavy atom. The minimum absolute atomic E-state index is 0.751. The maximum atomic E-state index is 3.67. The average molecular weight is 225 g/mol. The van der Waals surface area contributed by atoms with Crippen molar-refractivity contribution < 1.29 is 0 Å². The van der Waals surface area contributed by atoms with E-state index < -0.39 is 0 Å². The maximum absolute atomic E-state index is 3.67. The highest BCUT2D eigenvalue weighted by atomic mass is 14.9. The molecular formula is C15H31N. The monoisotopic (exact) mass is 225 g/mol. The summed E-state index contributed by atoms with van der Waals surface area (Å²) in [6, 6.07) is 0.751. The SMILES string of the molecule is CCCCCCCCNC(C)CC1CCC1. The molecule has 0 aliphatic heterocycles. The number of unbranched alkanes of at least 4 members (excludes halogenated alkanes) is 5. The molecule has 0 aromatic carbocycles. The molecule has 1 N–H and O–H groups in total. The smallest absolute Gasteiger partial charge is 0.00413 e. The van der Waals surface area contributed by atoms with Crippen LogP contribution in [0.2, 0.25) is 0 Å². The summed E-state index contributed by atoms with van der Waals surface area (Å²) >= 11 is 0. The van der Waals surface area contributed by atoms with Crippen molar-refractivity contribution in [3.05, 3.63) is 0 Å². The zero-order valence-corrected chi connectivity index (χ0v) is 11.4. The normalized spacial score (nSPS) is 18.4. The van der Waals surface area contributed by atoms with Crippen LogP contribution < -0.4 is 5.32 Å². The van der Waals surface area contributed by atoms with Gasteiger partial charge in [-0.15, -0.1) is 0 Å². The lowest BCUT2D eigenvalue weighted by Crippen LogP contribution is -2.30. The van der Waals surface area contributed by atoms with Crippen LogP contribution in [0.4, 0.5) is 0 Å². The van der Waals surface area contributed by atoms with Crippen LogP contribution in [0.5, 0.6) is 0 Å². The molecular weight excluding hydrogens is 194 g/mol. The van der Waals surface area contributed by atoms with E-state index in [0.29, 0.717) is 0 Å². The van der Waals surface area contributed by atoms with Crippen molar-refractivity contribution in [2.24, 2.45) is 5.92 Å². The van der Waals surface area contributed by atoms with E-state index in [4.69, 9.17) is 0 Å². The predicted octanol–water partition coefficient (Wildman–Crippen LogP) is 4.52. The molecule has 96 valence electrons. The van der Waals surface area contributed by atoms with Gasteiger partial charge < -0.3 is 5.32 Å². The Kier molecular flexibility index (Phi) is 7.92. The van der Waals surface area contributed by atoms with E-state index in [2.05, 4.69) is 19.2 Å². The van der Waals surface area contributed by atoms with Crippen LogP contribution in [-0.2, 0) is 0 Å². The molecule has 0 radical (unpaired) electrons.